The molecule has 1 N–H and O–H groups in total. The van der Waals surface area contributed by atoms with Crippen molar-refractivity contribution in [2.75, 3.05) is 11.2 Å². The minimum Gasteiger partial charge on any atom is -0.462 e. The highest BCUT2D eigenvalue weighted by Gasteiger charge is 2.24. The molecule has 0 atom stereocenters. The quantitative estimate of drug-likeness (QED) is 0.683. The van der Waals surface area contributed by atoms with Gasteiger partial charge in [0.25, 0.3) is 5.91 Å². The van der Waals surface area contributed by atoms with Crippen molar-refractivity contribution >= 4 is 34.8 Å². The van der Waals surface area contributed by atoms with Crippen LogP contribution in [-0.4, -0.2) is 11.8 Å². The number of nitrogens with one attached hydrogen (secondary N) is 1. The van der Waals surface area contributed by atoms with Crippen LogP contribution >= 0.6 is 11.6 Å². The lowest BCUT2D eigenvalue weighted by Crippen LogP contribution is -2.03. The van der Waals surface area contributed by atoms with Gasteiger partial charge in [-0.15, -0.1) is 11.6 Å². The summed E-state index contributed by atoms with van der Waals surface area (Å²) in [7, 11) is 0. The predicted molar refractivity (Wildman–Crippen MR) is 85.5 cm³/mol. The summed E-state index contributed by atoms with van der Waals surface area (Å²) in [5, 5.41) is 2.88. The Kier molecular flexibility index (Phi) is 3.60. The Labute approximate surface area is 128 Å². The molecule has 108 valence electrons. The number of anilines is 1. The molecule has 0 saturated heterocycles. The number of furan rings is 1. The second kappa shape index (κ2) is 5.41. The number of amides is 1. The van der Waals surface area contributed by atoms with Crippen LogP contribution in [0.3, 0.4) is 0 Å². The number of rotatable bonds is 3. The van der Waals surface area contributed by atoms with E-state index in [0.29, 0.717) is 17.2 Å². The highest BCUT2D eigenvalue weighted by atomic mass is 35.5. The minimum atomic E-state index is -0.0975. The van der Waals surface area contributed by atoms with Crippen molar-refractivity contribution in [3.05, 3.63) is 52.5 Å². The van der Waals surface area contributed by atoms with E-state index in [-0.39, 0.29) is 5.91 Å². The van der Waals surface area contributed by atoms with Gasteiger partial charge in [0, 0.05) is 17.1 Å². The summed E-state index contributed by atoms with van der Waals surface area (Å²) in [4.78, 5) is 12.1. The molecule has 2 aromatic rings. The van der Waals surface area contributed by atoms with Gasteiger partial charge < -0.3 is 9.73 Å². The lowest BCUT2D eigenvalue weighted by atomic mass is 10.0. The summed E-state index contributed by atoms with van der Waals surface area (Å²) in [6.45, 7) is 3.90. The van der Waals surface area contributed by atoms with Crippen molar-refractivity contribution in [1.82, 2.24) is 0 Å². The molecule has 0 spiro atoms. The van der Waals surface area contributed by atoms with Crippen molar-refractivity contribution in [1.29, 1.82) is 0 Å². The fraction of sp³-hybridized carbons (Fsp3) is 0.235. The molecule has 1 aromatic heterocycles. The molecule has 1 amide bonds. The van der Waals surface area contributed by atoms with Crippen LogP contribution in [0.15, 0.2) is 28.7 Å². The zero-order valence-electron chi connectivity index (χ0n) is 12.0. The van der Waals surface area contributed by atoms with Crippen LogP contribution in [0.2, 0.25) is 0 Å². The SMILES string of the molecule is Cc1cc(C=C2C(=O)Nc3ccc(CCCl)cc32)oc1C. The summed E-state index contributed by atoms with van der Waals surface area (Å²) in [5.41, 5.74) is 4.59. The third-order valence-electron chi connectivity index (χ3n) is 3.72. The molecular weight excluding hydrogens is 286 g/mol. The van der Waals surface area contributed by atoms with Gasteiger partial charge >= 0.3 is 0 Å². The van der Waals surface area contributed by atoms with Crippen LogP contribution in [0, 0.1) is 13.8 Å². The Hall–Kier alpha value is -2.00. The molecule has 1 aliphatic heterocycles. The van der Waals surface area contributed by atoms with Crippen LogP contribution in [0.25, 0.3) is 11.6 Å². The number of aryl methyl sites for hydroxylation is 3. The molecule has 2 heterocycles. The fourth-order valence-corrected chi connectivity index (χ4v) is 2.68. The van der Waals surface area contributed by atoms with E-state index in [1.807, 2.05) is 38.1 Å². The Morgan fingerprint density at radius 1 is 1.29 bits per heavy atom. The number of carbonyl (C=O) groups excluding carboxylic acids is 1. The number of hydrogen-bond acceptors (Lipinski definition) is 2. The van der Waals surface area contributed by atoms with Crippen molar-refractivity contribution < 1.29 is 9.21 Å². The summed E-state index contributed by atoms with van der Waals surface area (Å²) in [6, 6.07) is 7.88. The van der Waals surface area contributed by atoms with Crippen molar-refractivity contribution in [3.8, 4) is 0 Å². The van der Waals surface area contributed by atoms with Gasteiger partial charge in [-0.3, -0.25) is 4.79 Å². The van der Waals surface area contributed by atoms with Crippen molar-refractivity contribution in [3.63, 3.8) is 0 Å². The van der Waals surface area contributed by atoms with E-state index < -0.39 is 0 Å². The van der Waals surface area contributed by atoms with E-state index in [4.69, 9.17) is 16.0 Å². The van der Waals surface area contributed by atoms with Gasteiger partial charge in [-0.2, -0.15) is 0 Å². The van der Waals surface area contributed by atoms with E-state index >= 15 is 0 Å². The maximum absolute atomic E-state index is 12.1. The topological polar surface area (TPSA) is 42.2 Å². The largest absolute Gasteiger partial charge is 0.462 e. The summed E-state index contributed by atoms with van der Waals surface area (Å²) >= 11 is 5.79. The van der Waals surface area contributed by atoms with E-state index in [1.54, 1.807) is 6.08 Å². The first-order valence-corrected chi connectivity index (χ1v) is 7.41. The van der Waals surface area contributed by atoms with Crippen molar-refractivity contribution in [2.45, 2.75) is 20.3 Å². The molecule has 0 unspecified atom stereocenters. The van der Waals surface area contributed by atoms with Gasteiger partial charge in [-0.1, -0.05) is 6.07 Å². The Morgan fingerprint density at radius 3 is 2.76 bits per heavy atom. The zero-order valence-corrected chi connectivity index (χ0v) is 12.8. The molecule has 4 heteroatoms. The molecule has 1 aromatic carbocycles. The predicted octanol–water partition coefficient (Wildman–Crippen LogP) is 4.17. The zero-order chi connectivity index (χ0) is 15.0. The number of alkyl halides is 1. The third-order valence-corrected chi connectivity index (χ3v) is 3.91. The first kappa shape index (κ1) is 14.0. The van der Waals surface area contributed by atoms with Crippen molar-refractivity contribution in [2.24, 2.45) is 0 Å². The Balaban J connectivity index is 2.04. The normalized spacial score (nSPS) is 15.4. The second-order valence-electron chi connectivity index (χ2n) is 5.22. The van der Waals surface area contributed by atoms with Gasteiger partial charge in [-0.25, -0.2) is 0 Å². The van der Waals surface area contributed by atoms with E-state index in [9.17, 15) is 4.79 Å². The third kappa shape index (κ3) is 2.61. The summed E-state index contributed by atoms with van der Waals surface area (Å²) in [6.07, 6.45) is 2.58. The first-order valence-electron chi connectivity index (χ1n) is 6.88. The number of hydrogen-bond donors (Lipinski definition) is 1. The maximum atomic E-state index is 12.1. The van der Waals surface area contributed by atoms with Crippen LogP contribution in [0.4, 0.5) is 5.69 Å². The number of fused-ring (bicyclic) bond motifs is 1. The summed E-state index contributed by atoms with van der Waals surface area (Å²) < 4.78 is 5.64. The van der Waals surface area contributed by atoms with E-state index in [1.165, 1.54) is 0 Å². The van der Waals surface area contributed by atoms with Gasteiger partial charge in [0.1, 0.15) is 11.5 Å². The highest BCUT2D eigenvalue weighted by Crippen LogP contribution is 2.34. The summed E-state index contributed by atoms with van der Waals surface area (Å²) in [5.74, 6) is 2.04. The molecule has 0 bridgehead atoms. The average molecular weight is 302 g/mol. The average Bonchev–Trinajstić information content (AvgIpc) is 2.92. The van der Waals surface area contributed by atoms with Gasteiger partial charge in [0.15, 0.2) is 0 Å². The van der Waals surface area contributed by atoms with Gasteiger partial charge in [-0.05, 0) is 55.7 Å². The van der Waals surface area contributed by atoms with Crippen LogP contribution in [-0.2, 0) is 11.2 Å². The van der Waals surface area contributed by atoms with Crippen LogP contribution in [0.5, 0.6) is 0 Å². The van der Waals surface area contributed by atoms with Crippen LogP contribution in [0.1, 0.15) is 28.2 Å². The Morgan fingerprint density at radius 2 is 2.10 bits per heavy atom. The lowest BCUT2D eigenvalue weighted by Gasteiger charge is -2.02. The van der Waals surface area contributed by atoms with Gasteiger partial charge in [0.2, 0.25) is 0 Å². The number of halogens is 1. The Bertz CT molecular complexity index is 724. The standard InChI is InChI=1S/C17H16ClNO2/c1-10-7-13(21-11(10)2)9-15-14-8-12(5-6-18)3-4-16(14)19-17(15)20/h3-4,7-9H,5-6H2,1-2H3,(H,19,20). The highest BCUT2D eigenvalue weighted by molar-refractivity contribution is 6.34. The van der Waals surface area contributed by atoms with E-state index in [2.05, 4.69) is 5.32 Å². The molecule has 0 aliphatic carbocycles. The molecular formula is C17H16ClNO2. The molecule has 3 rings (SSSR count). The minimum absolute atomic E-state index is 0.0975. The lowest BCUT2D eigenvalue weighted by molar-refractivity contribution is -0.110. The monoisotopic (exact) mass is 301 g/mol. The molecule has 0 radical (unpaired) electrons. The number of carbonyl (C=O) groups is 1. The van der Waals surface area contributed by atoms with E-state index in [0.717, 1.165) is 34.6 Å². The molecule has 0 fully saturated rings. The molecule has 21 heavy (non-hydrogen) atoms. The first-order chi connectivity index (χ1) is 10.1. The number of benzene rings is 1. The second-order valence-corrected chi connectivity index (χ2v) is 5.60. The smallest absolute Gasteiger partial charge is 0.256 e. The van der Waals surface area contributed by atoms with Crippen LogP contribution < -0.4 is 5.32 Å². The molecule has 3 nitrogen and oxygen atoms in total. The fourth-order valence-electron chi connectivity index (χ4n) is 2.46. The maximum Gasteiger partial charge on any atom is 0.256 e. The van der Waals surface area contributed by atoms with Gasteiger partial charge in [0.05, 0.1) is 5.57 Å². The molecule has 0 saturated carbocycles. The molecule has 1 aliphatic rings.